The van der Waals surface area contributed by atoms with Crippen LogP contribution in [0.5, 0.6) is 0 Å². The van der Waals surface area contributed by atoms with Gasteiger partial charge in [0.25, 0.3) is 0 Å². The van der Waals surface area contributed by atoms with Crippen LogP contribution in [0.25, 0.3) is 10.9 Å². The molecular formula is C17H14ClNO2. The second kappa shape index (κ2) is 5.62. The molecule has 0 atom stereocenters. The molecule has 3 rings (SSSR count). The van der Waals surface area contributed by atoms with Crippen LogP contribution >= 0.6 is 11.6 Å². The summed E-state index contributed by atoms with van der Waals surface area (Å²) in [6, 6.07) is 15.6. The summed E-state index contributed by atoms with van der Waals surface area (Å²) in [5.74, 6) is -0.353. The molecule has 106 valence electrons. The maximum absolute atomic E-state index is 11.9. The maximum Gasteiger partial charge on any atom is 0.340 e. The van der Waals surface area contributed by atoms with Gasteiger partial charge in [0.1, 0.15) is 0 Å². The van der Waals surface area contributed by atoms with Crippen molar-refractivity contribution in [3.8, 4) is 0 Å². The highest BCUT2D eigenvalue weighted by Gasteiger charge is 2.16. The molecule has 0 aliphatic carbocycles. The van der Waals surface area contributed by atoms with Gasteiger partial charge in [-0.25, -0.2) is 4.79 Å². The van der Waals surface area contributed by atoms with Gasteiger partial charge < -0.3 is 9.30 Å². The summed E-state index contributed by atoms with van der Waals surface area (Å²) in [6.45, 7) is 0.690. The van der Waals surface area contributed by atoms with E-state index in [1.165, 1.54) is 12.7 Å². The fraction of sp³-hybridized carbons (Fsp3) is 0.118. The number of hydrogen-bond acceptors (Lipinski definition) is 2. The lowest BCUT2D eigenvalue weighted by Crippen LogP contribution is -2.01. The fourth-order valence-electron chi connectivity index (χ4n) is 2.45. The molecule has 0 bridgehead atoms. The number of hydrogen-bond donors (Lipinski definition) is 0. The average molecular weight is 300 g/mol. The molecule has 0 amide bonds. The Morgan fingerprint density at radius 2 is 1.95 bits per heavy atom. The summed E-state index contributed by atoms with van der Waals surface area (Å²) in [4.78, 5) is 11.9. The summed E-state index contributed by atoms with van der Waals surface area (Å²) in [7, 11) is 1.38. The normalized spacial score (nSPS) is 10.8. The Morgan fingerprint density at radius 3 is 2.67 bits per heavy atom. The quantitative estimate of drug-likeness (QED) is 0.681. The zero-order chi connectivity index (χ0) is 14.8. The summed E-state index contributed by atoms with van der Waals surface area (Å²) < 4.78 is 6.89. The van der Waals surface area contributed by atoms with Gasteiger partial charge in [0, 0.05) is 28.7 Å². The van der Waals surface area contributed by atoms with Crippen LogP contribution in [0.15, 0.2) is 54.7 Å². The minimum Gasteiger partial charge on any atom is -0.465 e. The van der Waals surface area contributed by atoms with E-state index in [4.69, 9.17) is 16.3 Å². The molecule has 2 aromatic carbocycles. The molecule has 3 nitrogen and oxygen atoms in total. The molecule has 0 N–H and O–H groups in total. The van der Waals surface area contributed by atoms with Crippen molar-refractivity contribution in [2.24, 2.45) is 0 Å². The van der Waals surface area contributed by atoms with Gasteiger partial charge in [-0.1, -0.05) is 41.9 Å². The number of ether oxygens (including phenoxy) is 1. The number of benzene rings is 2. The molecule has 0 radical (unpaired) electrons. The molecular weight excluding hydrogens is 286 g/mol. The van der Waals surface area contributed by atoms with Crippen molar-refractivity contribution in [3.63, 3.8) is 0 Å². The molecule has 0 unspecified atom stereocenters. The van der Waals surface area contributed by atoms with Gasteiger partial charge in [0.2, 0.25) is 0 Å². The molecule has 21 heavy (non-hydrogen) atoms. The second-order valence-corrected chi connectivity index (χ2v) is 5.25. The van der Waals surface area contributed by atoms with E-state index in [-0.39, 0.29) is 5.97 Å². The molecule has 1 aromatic heterocycles. The van der Waals surface area contributed by atoms with E-state index >= 15 is 0 Å². The highest BCUT2D eigenvalue weighted by atomic mass is 35.5. The van der Waals surface area contributed by atoms with Crippen molar-refractivity contribution in [1.82, 2.24) is 4.57 Å². The number of rotatable bonds is 3. The second-order valence-electron chi connectivity index (χ2n) is 4.81. The molecule has 4 heteroatoms. The van der Waals surface area contributed by atoms with E-state index in [9.17, 15) is 4.79 Å². The van der Waals surface area contributed by atoms with Crippen LogP contribution in [0, 0.1) is 0 Å². The largest absolute Gasteiger partial charge is 0.465 e. The first-order valence-corrected chi connectivity index (χ1v) is 6.97. The number of carbonyl (C=O) groups is 1. The van der Waals surface area contributed by atoms with Gasteiger partial charge in [0.05, 0.1) is 12.7 Å². The maximum atomic E-state index is 11.9. The number of carbonyl (C=O) groups excluding carboxylic acids is 1. The third-order valence-electron chi connectivity index (χ3n) is 3.44. The van der Waals surface area contributed by atoms with E-state index in [0.29, 0.717) is 17.1 Å². The van der Waals surface area contributed by atoms with Gasteiger partial charge in [0.15, 0.2) is 0 Å². The number of aromatic nitrogens is 1. The van der Waals surface area contributed by atoms with Crippen LogP contribution in [0.2, 0.25) is 5.02 Å². The van der Waals surface area contributed by atoms with Gasteiger partial charge in [-0.3, -0.25) is 0 Å². The third-order valence-corrected chi connectivity index (χ3v) is 3.68. The summed E-state index contributed by atoms with van der Waals surface area (Å²) in [5, 5.41) is 1.41. The minimum absolute atomic E-state index is 0.353. The lowest BCUT2D eigenvalue weighted by atomic mass is 10.2. The summed E-state index contributed by atoms with van der Waals surface area (Å²) in [6.07, 6.45) is 1.82. The van der Waals surface area contributed by atoms with Gasteiger partial charge in [-0.05, 0) is 23.8 Å². The molecule has 1 heterocycles. The molecule has 0 aliphatic heterocycles. The topological polar surface area (TPSA) is 31.2 Å². The van der Waals surface area contributed by atoms with Crippen LogP contribution in [-0.4, -0.2) is 17.6 Å². The molecule has 0 saturated carbocycles. The van der Waals surface area contributed by atoms with Crippen LogP contribution in [-0.2, 0) is 11.3 Å². The first kappa shape index (κ1) is 13.7. The van der Waals surface area contributed by atoms with Crippen molar-refractivity contribution in [2.75, 3.05) is 7.11 Å². The van der Waals surface area contributed by atoms with E-state index in [0.717, 1.165) is 10.9 Å². The van der Waals surface area contributed by atoms with Crippen LogP contribution in [0.1, 0.15) is 15.9 Å². The van der Waals surface area contributed by atoms with Gasteiger partial charge in [-0.15, -0.1) is 0 Å². The Morgan fingerprint density at radius 1 is 1.19 bits per heavy atom. The smallest absolute Gasteiger partial charge is 0.340 e. The Kier molecular flexibility index (Phi) is 3.67. The molecule has 0 aliphatic rings. The third kappa shape index (κ3) is 2.65. The molecule has 3 aromatic rings. The number of methoxy groups -OCH3 is 1. The fourth-order valence-corrected chi connectivity index (χ4v) is 2.63. The van der Waals surface area contributed by atoms with Crippen LogP contribution < -0.4 is 0 Å². The van der Waals surface area contributed by atoms with E-state index in [1.54, 1.807) is 6.07 Å². The standard InChI is InChI=1S/C17H14ClNO2/c1-21-17(20)15-11-19(10-12-5-3-2-4-6-12)16-8-7-13(18)9-14(15)16/h2-9,11H,10H2,1H3. The van der Waals surface area contributed by atoms with Crippen molar-refractivity contribution in [2.45, 2.75) is 6.54 Å². The van der Waals surface area contributed by atoms with Crippen molar-refractivity contribution in [1.29, 1.82) is 0 Å². The van der Waals surface area contributed by atoms with Crippen LogP contribution in [0.3, 0.4) is 0 Å². The van der Waals surface area contributed by atoms with Crippen molar-refractivity contribution >= 4 is 28.5 Å². The van der Waals surface area contributed by atoms with Gasteiger partial charge in [-0.2, -0.15) is 0 Å². The first-order chi connectivity index (χ1) is 10.2. The average Bonchev–Trinajstić information content (AvgIpc) is 2.85. The van der Waals surface area contributed by atoms with Crippen molar-refractivity contribution in [3.05, 3.63) is 70.9 Å². The first-order valence-electron chi connectivity index (χ1n) is 6.59. The zero-order valence-electron chi connectivity index (χ0n) is 11.5. The van der Waals surface area contributed by atoms with Crippen molar-refractivity contribution < 1.29 is 9.53 Å². The summed E-state index contributed by atoms with van der Waals surface area (Å²) >= 11 is 6.05. The van der Waals surface area contributed by atoms with E-state index in [2.05, 4.69) is 12.1 Å². The zero-order valence-corrected chi connectivity index (χ0v) is 12.3. The predicted octanol–water partition coefficient (Wildman–Crippen LogP) is 4.13. The number of halogens is 1. The van der Waals surface area contributed by atoms with Crippen LogP contribution in [0.4, 0.5) is 0 Å². The Labute approximate surface area is 127 Å². The Hall–Kier alpha value is -2.26. The Balaban J connectivity index is 2.12. The number of esters is 1. The van der Waals surface area contributed by atoms with Gasteiger partial charge >= 0.3 is 5.97 Å². The Bertz CT molecular complexity index is 793. The molecule has 0 fully saturated rings. The van der Waals surface area contributed by atoms with E-state index < -0.39 is 0 Å². The monoisotopic (exact) mass is 299 g/mol. The number of nitrogens with zero attached hydrogens (tertiary/aromatic N) is 1. The highest BCUT2D eigenvalue weighted by Crippen LogP contribution is 2.26. The SMILES string of the molecule is COC(=O)c1cn(Cc2ccccc2)c2ccc(Cl)cc12. The van der Waals surface area contributed by atoms with E-state index in [1.807, 2.05) is 41.1 Å². The highest BCUT2D eigenvalue weighted by molar-refractivity contribution is 6.31. The minimum atomic E-state index is -0.353. The molecule has 0 saturated heterocycles. The summed E-state index contributed by atoms with van der Waals surface area (Å²) in [5.41, 5.74) is 2.66. The predicted molar refractivity (Wildman–Crippen MR) is 83.8 cm³/mol. The molecule has 0 spiro atoms. The number of fused-ring (bicyclic) bond motifs is 1. The lowest BCUT2D eigenvalue weighted by Gasteiger charge is -2.05. The lowest BCUT2D eigenvalue weighted by molar-refractivity contribution is 0.0603.